The Morgan fingerprint density at radius 3 is 1.19 bits per heavy atom. The standard InChI is InChI=1S/C22H15ClF5NO6S2.C20H24ClNO6S2/c1-10(29-36(2,31)32)11-3-6-13(7-4-11)37(33,34)15-8-5-12(23)9-14(15)22(30)35-21-19(27)17(25)16(24)18(26)20(21)28;1-13(22-29(5,24)25)14-6-9-16(10-7-14)30(26,27)18-11-8-15(21)12-17(18)19(23)28-20(2,3)4/h3-10,29H,1-2H3;6-13,22H,1-5H3/t10-;13-/m00/s1. The first kappa shape index (κ1) is 54.6. The first-order valence-electron chi connectivity index (χ1n) is 18.9. The first-order valence-corrected chi connectivity index (χ1v) is 26.4. The van der Waals surface area contributed by atoms with Gasteiger partial charge < -0.3 is 9.47 Å². The van der Waals surface area contributed by atoms with E-state index in [4.69, 9.17) is 27.9 Å². The number of carbonyl (C=O) groups is 2. The van der Waals surface area contributed by atoms with Crippen molar-refractivity contribution in [3.8, 4) is 5.75 Å². The summed E-state index contributed by atoms with van der Waals surface area (Å²) in [6, 6.07) is 16.0. The predicted octanol–water partition coefficient (Wildman–Crippen LogP) is 8.44. The Labute approximate surface area is 393 Å². The monoisotopic (exact) mass is 1060 g/mol. The molecule has 2 atom stereocenters. The van der Waals surface area contributed by atoms with Crippen molar-refractivity contribution >= 4 is 74.9 Å². The van der Waals surface area contributed by atoms with Gasteiger partial charge in [-0.15, -0.1) is 0 Å². The number of hydrogen-bond donors (Lipinski definition) is 2. The molecule has 0 saturated heterocycles. The number of hydrogen-bond acceptors (Lipinski definition) is 12. The lowest BCUT2D eigenvalue weighted by Crippen LogP contribution is -2.25. The molecule has 0 aliphatic carbocycles. The Hall–Kier alpha value is -5.01. The van der Waals surface area contributed by atoms with E-state index in [9.17, 15) is 65.2 Å². The zero-order valence-corrected chi connectivity index (χ0v) is 40.7. The van der Waals surface area contributed by atoms with Crippen LogP contribution in [0.5, 0.6) is 5.75 Å². The van der Waals surface area contributed by atoms with E-state index in [1.54, 1.807) is 27.7 Å². The van der Waals surface area contributed by atoms with Crippen LogP contribution in [0.25, 0.3) is 0 Å². The van der Waals surface area contributed by atoms with Gasteiger partial charge in [-0.25, -0.2) is 65.9 Å². The van der Waals surface area contributed by atoms with Crippen LogP contribution in [-0.2, 0) is 44.5 Å². The zero-order valence-electron chi connectivity index (χ0n) is 35.9. The van der Waals surface area contributed by atoms with Crippen LogP contribution in [-0.4, -0.2) is 63.7 Å². The van der Waals surface area contributed by atoms with Crippen LogP contribution >= 0.6 is 23.2 Å². The molecule has 5 aromatic rings. The molecule has 0 spiro atoms. The van der Waals surface area contributed by atoms with Crippen LogP contribution in [0.3, 0.4) is 0 Å². The van der Waals surface area contributed by atoms with Crippen molar-refractivity contribution < 1.29 is 74.7 Å². The number of ether oxygens (including phenoxy) is 2. The summed E-state index contributed by atoms with van der Waals surface area (Å²) in [5.74, 6) is -16.6. The molecule has 0 radical (unpaired) electrons. The molecule has 0 aliphatic heterocycles. The van der Waals surface area contributed by atoms with E-state index in [1.165, 1.54) is 61.5 Å². The summed E-state index contributed by atoms with van der Waals surface area (Å²) in [7, 11) is -15.6. The molecular weight excluding hydrogens is 1020 g/mol. The molecule has 362 valence electrons. The third-order valence-electron chi connectivity index (χ3n) is 8.83. The first-order chi connectivity index (χ1) is 30.6. The Morgan fingerprint density at radius 2 is 0.866 bits per heavy atom. The van der Waals surface area contributed by atoms with E-state index in [1.807, 2.05) is 0 Å². The fraction of sp³-hybridized carbons (Fsp3) is 0.238. The summed E-state index contributed by atoms with van der Waals surface area (Å²) < 4.78 is 181. The molecule has 25 heteroatoms. The maximum Gasteiger partial charge on any atom is 0.345 e. The lowest BCUT2D eigenvalue weighted by molar-refractivity contribution is 0.00647. The average Bonchev–Trinajstić information content (AvgIpc) is 3.22. The molecule has 0 heterocycles. The number of carbonyl (C=O) groups excluding carboxylic acids is 2. The molecule has 14 nitrogen and oxygen atoms in total. The summed E-state index contributed by atoms with van der Waals surface area (Å²) in [5.41, 5.74) is -0.847. The van der Waals surface area contributed by atoms with Gasteiger partial charge in [0, 0.05) is 22.1 Å². The van der Waals surface area contributed by atoms with Gasteiger partial charge in [0.25, 0.3) is 0 Å². The van der Waals surface area contributed by atoms with Crippen LogP contribution in [0.1, 0.15) is 78.5 Å². The smallest absolute Gasteiger partial charge is 0.345 e. The van der Waals surface area contributed by atoms with Crippen LogP contribution in [0.2, 0.25) is 10.0 Å². The second-order valence-electron chi connectivity index (χ2n) is 15.4. The molecule has 0 bridgehead atoms. The van der Waals surface area contributed by atoms with Crippen molar-refractivity contribution in [3.05, 3.63) is 146 Å². The lowest BCUT2D eigenvalue weighted by atomic mass is 10.1. The highest BCUT2D eigenvalue weighted by Gasteiger charge is 2.32. The van der Waals surface area contributed by atoms with E-state index in [0.29, 0.717) is 11.1 Å². The van der Waals surface area contributed by atoms with Gasteiger partial charge in [-0.1, -0.05) is 47.5 Å². The predicted molar refractivity (Wildman–Crippen MR) is 236 cm³/mol. The normalized spacial score (nSPS) is 13.2. The van der Waals surface area contributed by atoms with Crippen LogP contribution in [0, 0.1) is 29.1 Å². The molecule has 5 rings (SSSR count). The SMILES string of the molecule is C[C@H](NS(C)(=O)=O)c1ccc(S(=O)(=O)c2ccc(Cl)cc2C(=O)OC(C)(C)C)cc1.C[C@H](NS(C)(=O)=O)c1ccc(S(=O)(=O)c2ccc(Cl)cc2C(=O)Oc2c(F)c(F)c(F)c(F)c2F)cc1. The van der Waals surface area contributed by atoms with Crippen molar-refractivity contribution in [1.82, 2.24) is 9.44 Å². The molecular formula is C42H39Cl2F5N2O12S4. The summed E-state index contributed by atoms with van der Waals surface area (Å²) in [4.78, 5) is 23.8. The van der Waals surface area contributed by atoms with Crippen molar-refractivity contribution in [3.63, 3.8) is 0 Å². The van der Waals surface area contributed by atoms with Crippen molar-refractivity contribution in [2.45, 2.75) is 71.9 Å². The molecule has 2 N–H and O–H groups in total. The Balaban J connectivity index is 0.000000299. The van der Waals surface area contributed by atoms with Gasteiger partial charge >= 0.3 is 11.9 Å². The Morgan fingerprint density at radius 1 is 0.537 bits per heavy atom. The highest BCUT2D eigenvalue weighted by Crippen LogP contribution is 2.33. The quantitative estimate of drug-likeness (QED) is 0.0374. The second kappa shape index (κ2) is 20.7. The van der Waals surface area contributed by atoms with Gasteiger partial charge in [0.05, 0.1) is 43.2 Å². The van der Waals surface area contributed by atoms with Gasteiger partial charge in [-0.05, 0) is 106 Å². The number of halogens is 7. The molecule has 0 aliphatic rings. The zero-order chi connectivity index (χ0) is 50.8. The minimum absolute atomic E-state index is 0.0510. The third kappa shape index (κ3) is 13.8. The van der Waals surface area contributed by atoms with Gasteiger partial charge in [-0.3, -0.25) is 0 Å². The molecule has 5 aromatic carbocycles. The maximum absolute atomic E-state index is 14.0. The lowest BCUT2D eigenvalue weighted by Gasteiger charge is -2.20. The van der Waals surface area contributed by atoms with Crippen LogP contribution in [0.15, 0.2) is 105 Å². The van der Waals surface area contributed by atoms with Gasteiger partial charge in [-0.2, -0.15) is 8.78 Å². The van der Waals surface area contributed by atoms with E-state index < -0.39 is 115 Å². The fourth-order valence-electron chi connectivity index (χ4n) is 5.85. The summed E-state index contributed by atoms with van der Waals surface area (Å²) in [6.07, 6.45) is 1.98. The topological polar surface area (TPSA) is 213 Å². The molecule has 0 aromatic heterocycles. The Bertz CT molecular complexity index is 3160. The van der Waals surface area contributed by atoms with Crippen LogP contribution < -0.4 is 14.2 Å². The van der Waals surface area contributed by atoms with Crippen molar-refractivity contribution in [1.29, 1.82) is 0 Å². The molecule has 0 saturated carbocycles. The molecule has 0 fully saturated rings. The third-order valence-corrected chi connectivity index (χ3v) is 14.5. The van der Waals surface area contributed by atoms with Crippen LogP contribution in [0.4, 0.5) is 22.0 Å². The van der Waals surface area contributed by atoms with Gasteiger partial charge in [0.15, 0.2) is 0 Å². The number of nitrogens with one attached hydrogen (secondary N) is 2. The van der Waals surface area contributed by atoms with Crippen molar-refractivity contribution in [2.24, 2.45) is 0 Å². The second-order valence-corrected chi connectivity index (χ2v) is 23.7. The maximum atomic E-state index is 14.0. The Kier molecular flexibility index (Phi) is 16.9. The van der Waals surface area contributed by atoms with E-state index in [0.717, 1.165) is 42.8 Å². The minimum Gasteiger partial charge on any atom is -0.456 e. The molecule has 67 heavy (non-hydrogen) atoms. The summed E-state index contributed by atoms with van der Waals surface area (Å²) >= 11 is 11.8. The summed E-state index contributed by atoms with van der Waals surface area (Å²) in [6.45, 7) is 8.18. The van der Waals surface area contributed by atoms with E-state index >= 15 is 0 Å². The summed E-state index contributed by atoms with van der Waals surface area (Å²) in [5, 5.41) is -0.00911. The van der Waals surface area contributed by atoms with Crippen molar-refractivity contribution in [2.75, 3.05) is 12.5 Å². The van der Waals surface area contributed by atoms with E-state index in [-0.39, 0.29) is 30.3 Å². The number of sulfone groups is 2. The highest BCUT2D eigenvalue weighted by molar-refractivity contribution is 7.92. The fourth-order valence-corrected chi connectivity index (χ4v) is 10.6. The van der Waals surface area contributed by atoms with E-state index in [2.05, 4.69) is 14.2 Å². The largest absolute Gasteiger partial charge is 0.456 e. The molecule has 0 unspecified atom stereocenters. The minimum atomic E-state index is -4.54. The highest BCUT2D eigenvalue weighted by atomic mass is 35.5. The van der Waals surface area contributed by atoms with Gasteiger partial charge in [0.1, 0.15) is 5.60 Å². The number of esters is 2. The molecule has 0 amide bonds. The average molecular weight is 1060 g/mol. The number of rotatable bonds is 13. The number of sulfonamides is 2. The number of benzene rings is 5. The van der Waals surface area contributed by atoms with Gasteiger partial charge in [0.2, 0.25) is 74.6 Å².